The summed E-state index contributed by atoms with van der Waals surface area (Å²) in [6, 6.07) is 6.31. The number of benzene rings is 1. The van der Waals surface area contributed by atoms with Gasteiger partial charge in [0.2, 0.25) is 0 Å². The highest BCUT2D eigenvalue weighted by atomic mass is 79.9. The maximum Gasteiger partial charge on any atom is 0.0318 e. The zero-order valence-electron chi connectivity index (χ0n) is 8.47. The minimum atomic E-state index is -0.210. The van der Waals surface area contributed by atoms with Crippen molar-refractivity contribution in [1.82, 2.24) is 0 Å². The van der Waals surface area contributed by atoms with Crippen LogP contribution in [0.1, 0.15) is 25.0 Å². The monoisotopic (exact) mass is 251 g/mol. The van der Waals surface area contributed by atoms with E-state index in [-0.39, 0.29) is 5.54 Å². The average Bonchev–Trinajstić information content (AvgIpc) is 2.48. The van der Waals surface area contributed by atoms with Gasteiger partial charge in [0.1, 0.15) is 0 Å². The predicted octanol–water partition coefficient (Wildman–Crippen LogP) is 3.13. The standard InChI is InChI=1S/C12H14BrN/c1-12(2,14)9-6-8-4-3-5-11(13)10(8)7-9/h3-5,7H,6,14H2,1-2H3. The zero-order valence-corrected chi connectivity index (χ0v) is 10.1. The highest BCUT2D eigenvalue weighted by molar-refractivity contribution is 9.10. The van der Waals surface area contributed by atoms with Crippen LogP contribution in [0.3, 0.4) is 0 Å². The van der Waals surface area contributed by atoms with E-state index >= 15 is 0 Å². The summed E-state index contributed by atoms with van der Waals surface area (Å²) in [7, 11) is 0. The molecule has 2 N–H and O–H groups in total. The van der Waals surface area contributed by atoms with Gasteiger partial charge in [-0.1, -0.05) is 34.1 Å². The molecule has 0 unspecified atom stereocenters. The van der Waals surface area contributed by atoms with Gasteiger partial charge in [0.05, 0.1) is 0 Å². The molecular formula is C12H14BrN. The first-order chi connectivity index (χ1) is 6.48. The van der Waals surface area contributed by atoms with Gasteiger partial charge in [0.25, 0.3) is 0 Å². The molecule has 1 aromatic carbocycles. The van der Waals surface area contributed by atoms with Gasteiger partial charge in [-0.15, -0.1) is 0 Å². The first kappa shape index (κ1) is 9.94. The van der Waals surface area contributed by atoms with Gasteiger partial charge in [-0.3, -0.25) is 0 Å². The van der Waals surface area contributed by atoms with E-state index < -0.39 is 0 Å². The van der Waals surface area contributed by atoms with Gasteiger partial charge >= 0.3 is 0 Å². The molecule has 0 radical (unpaired) electrons. The Labute approximate surface area is 93.1 Å². The molecular weight excluding hydrogens is 238 g/mol. The molecule has 1 nitrogen and oxygen atoms in total. The molecule has 0 atom stereocenters. The van der Waals surface area contributed by atoms with E-state index in [9.17, 15) is 0 Å². The van der Waals surface area contributed by atoms with Crippen LogP contribution in [0.25, 0.3) is 6.08 Å². The Hall–Kier alpha value is -0.600. The summed E-state index contributed by atoms with van der Waals surface area (Å²) in [6.45, 7) is 4.11. The molecule has 2 heteroatoms. The maximum absolute atomic E-state index is 6.09. The maximum atomic E-state index is 6.09. The first-order valence-electron chi connectivity index (χ1n) is 4.76. The highest BCUT2D eigenvalue weighted by Crippen LogP contribution is 2.34. The van der Waals surface area contributed by atoms with Crippen LogP contribution in [0.4, 0.5) is 0 Å². The molecule has 74 valence electrons. The van der Waals surface area contributed by atoms with Crippen LogP contribution in [-0.4, -0.2) is 5.54 Å². The van der Waals surface area contributed by atoms with Crippen molar-refractivity contribution in [3.63, 3.8) is 0 Å². The molecule has 1 aliphatic carbocycles. The second kappa shape index (κ2) is 3.21. The summed E-state index contributed by atoms with van der Waals surface area (Å²) >= 11 is 3.56. The second-order valence-corrected chi connectivity index (χ2v) is 5.24. The van der Waals surface area contributed by atoms with Crippen molar-refractivity contribution in [1.29, 1.82) is 0 Å². The van der Waals surface area contributed by atoms with Crippen molar-refractivity contribution in [3.8, 4) is 0 Å². The molecule has 0 saturated heterocycles. The van der Waals surface area contributed by atoms with Crippen molar-refractivity contribution in [2.75, 3.05) is 0 Å². The molecule has 2 rings (SSSR count). The van der Waals surface area contributed by atoms with Gasteiger partial charge in [-0.05, 0) is 43.0 Å². The fourth-order valence-corrected chi connectivity index (χ4v) is 2.26. The van der Waals surface area contributed by atoms with Gasteiger partial charge in [-0.2, -0.15) is 0 Å². The third-order valence-corrected chi connectivity index (χ3v) is 3.36. The Morgan fingerprint density at radius 3 is 2.64 bits per heavy atom. The van der Waals surface area contributed by atoms with Gasteiger partial charge in [-0.25, -0.2) is 0 Å². The molecule has 1 aliphatic rings. The minimum Gasteiger partial charge on any atom is -0.322 e. The third-order valence-electron chi connectivity index (χ3n) is 2.67. The van der Waals surface area contributed by atoms with Crippen LogP contribution < -0.4 is 5.73 Å². The Kier molecular flexibility index (Phi) is 2.28. The van der Waals surface area contributed by atoms with Gasteiger partial charge in [0.15, 0.2) is 0 Å². The normalized spacial score (nSPS) is 15.3. The lowest BCUT2D eigenvalue weighted by Crippen LogP contribution is -2.34. The van der Waals surface area contributed by atoms with Gasteiger partial charge < -0.3 is 5.73 Å². The summed E-state index contributed by atoms with van der Waals surface area (Å²) in [5.74, 6) is 0. The highest BCUT2D eigenvalue weighted by Gasteiger charge is 2.23. The van der Waals surface area contributed by atoms with Crippen molar-refractivity contribution in [3.05, 3.63) is 39.4 Å². The SMILES string of the molecule is CC(C)(N)C1=Cc2c(Br)cccc2C1. The van der Waals surface area contributed by atoms with E-state index in [0.29, 0.717) is 0 Å². The fraction of sp³-hybridized carbons (Fsp3) is 0.333. The second-order valence-electron chi connectivity index (χ2n) is 4.38. The smallest absolute Gasteiger partial charge is 0.0318 e. The topological polar surface area (TPSA) is 26.0 Å². The van der Waals surface area contributed by atoms with Crippen molar-refractivity contribution < 1.29 is 0 Å². The van der Waals surface area contributed by atoms with Crippen molar-refractivity contribution in [2.24, 2.45) is 5.73 Å². The molecule has 1 aromatic rings. The quantitative estimate of drug-likeness (QED) is 0.816. The lowest BCUT2D eigenvalue weighted by molar-refractivity contribution is 0.604. The molecule has 0 fully saturated rings. The molecule has 0 heterocycles. The third kappa shape index (κ3) is 1.64. The summed E-state index contributed by atoms with van der Waals surface area (Å²) in [5.41, 5.74) is 9.84. The Morgan fingerprint density at radius 2 is 2.07 bits per heavy atom. The number of hydrogen-bond donors (Lipinski definition) is 1. The van der Waals surface area contributed by atoms with Crippen molar-refractivity contribution in [2.45, 2.75) is 25.8 Å². The van der Waals surface area contributed by atoms with E-state index in [2.05, 4.69) is 54.1 Å². The summed E-state index contributed by atoms with van der Waals surface area (Å²) < 4.78 is 1.16. The Morgan fingerprint density at radius 1 is 1.36 bits per heavy atom. The van der Waals surface area contributed by atoms with Crippen LogP contribution in [0.2, 0.25) is 0 Å². The van der Waals surface area contributed by atoms with Crippen LogP contribution in [-0.2, 0) is 6.42 Å². The first-order valence-corrected chi connectivity index (χ1v) is 5.55. The van der Waals surface area contributed by atoms with Crippen LogP contribution >= 0.6 is 15.9 Å². The molecule has 0 spiro atoms. The molecule has 0 amide bonds. The van der Waals surface area contributed by atoms with Crippen LogP contribution in [0.5, 0.6) is 0 Å². The van der Waals surface area contributed by atoms with Crippen molar-refractivity contribution >= 4 is 22.0 Å². The lowest BCUT2D eigenvalue weighted by Gasteiger charge is -2.20. The van der Waals surface area contributed by atoms with Gasteiger partial charge in [0, 0.05) is 10.0 Å². The van der Waals surface area contributed by atoms with Crippen LogP contribution in [0, 0.1) is 0 Å². The average molecular weight is 252 g/mol. The minimum absolute atomic E-state index is 0.210. The van der Waals surface area contributed by atoms with E-state index in [4.69, 9.17) is 5.73 Å². The van der Waals surface area contributed by atoms with E-state index in [0.717, 1.165) is 10.9 Å². The van der Waals surface area contributed by atoms with E-state index in [1.54, 1.807) is 0 Å². The lowest BCUT2D eigenvalue weighted by atomic mass is 9.94. The van der Waals surface area contributed by atoms with E-state index in [1.165, 1.54) is 16.7 Å². The predicted molar refractivity (Wildman–Crippen MR) is 64.1 cm³/mol. The number of hydrogen-bond acceptors (Lipinski definition) is 1. The number of fused-ring (bicyclic) bond motifs is 1. The summed E-state index contributed by atoms with van der Waals surface area (Å²) in [6.07, 6.45) is 3.19. The largest absolute Gasteiger partial charge is 0.322 e. The number of rotatable bonds is 1. The number of halogens is 1. The Bertz CT molecular complexity index is 399. The van der Waals surface area contributed by atoms with E-state index in [1.807, 2.05) is 0 Å². The summed E-state index contributed by atoms with van der Waals surface area (Å²) in [4.78, 5) is 0. The molecule has 0 aromatic heterocycles. The number of nitrogens with two attached hydrogens (primary N) is 1. The molecule has 14 heavy (non-hydrogen) atoms. The summed E-state index contributed by atoms with van der Waals surface area (Å²) in [5, 5.41) is 0. The molecule has 0 saturated carbocycles. The molecule has 0 aliphatic heterocycles. The zero-order chi connectivity index (χ0) is 10.3. The Balaban J connectivity index is 2.45. The fourth-order valence-electron chi connectivity index (χ4n) is 1.74. The van der Waals surface area contributed by atoms with Crippen LogP contribution in [0.15, 0.2) is 28.2 Å². The molecule has 0 bridgehead atoms.